The fourth-order valence-electron chi connectivity index (χ4n) is 2.86. The molecule has 1 aliphatic rings. The highest BCUT2D eigenvalue weighted by Crippen LogP contribution is 2.37. The summed E-state index contributed by atoms with van der Waals surface area (Å²) < 4.78 is 6.26. The summed E-state index contributed by atoms with van der Waals surface area (Å²) in [5, 5.41) is 4.03. The Morgan fingerprint density at radius 1 is 1.50 bits per heavy atom. The third-order valence-electron chi connectivity index (χ3n) is 3.85. The zero-order valence-electron chi connectivity index (χ0n) is 11.3. The van der Waals surface area contributed by atoms with Crippen LogP contribution in [0.3, 0.4) is 0 Å². The first kappa shape index (κ1) is 13.7. The van der Waals surface area contributed by atoms with E-state index >= 15 is 0 Å². The van der Waals surface area contributed by atoms with Gasteiger partial charge in [0.2, 0.25) is 11.7 Å². The second kappa shape index (κ2) is 5.26. The summed E-state index contributed by atoms with van der Waals surface area (Å²) in [7, 11) is 0. The fourth-order valence-corrected chi connectivity index (χ4v) is 3.29. The molecule has 0 amide bonds. The van der Waals surface area contributed by atoms with Crippen molar-refractivity contribution < 1.29 is 4.52 Å². The van der Waals surface area contributed by atoms with E-state index in [1.807, 2.05) is 12.1 Å². The lowest BCUT2D eigenvalue weighted by Gasteiger charge is -2.33. The van der Waals surface area contributed by atoms with E-state index in [-0.39, 0.29) is 0 Å². The summed E-state index contributed by atoms with van der Waals surface area (Å²) >= 11 is 3.45. The Kier molecular flexibility index (Phi) is 3.60. The van der Waals surface area contributed by atoms with Gasteiger partial charge in [-0.05, 0) is 46.8 Å². The molecule has 2 heterocycles. The van der Waals surface area contributed by atoms with Crippen molar-refractivity contribution in [2.75, 3.05) is 0 Å². The third-order valence-corrected chi connectivity index (χ3v) is 4.49. The zero-order valence-corrected chi connectivity index (χ0v) is 12.9. The monoisotopic (exact) mass is 336 g/mol. The fraction of sp³-hybridized carbons (Fsp3) is 0.500. The summed E-state index contributed by atoms with van der Waals surface area (Å²) in [4.78, 5) is 8.75. The van der Waals surface area contributed by atoms with E-state index in [4.69, 9.17) is 10.3 Å². The van der Waals surface area contributed by atoms with Crippen LogP contribution in [0, 0.1) is 5.92 Å². The van der Waals surface area contributed by atoms with Gasteiger partial charge in [-0.2, -0.15) is 4.98 Å². The molecular formula is C14H17BrN4O. The van der Waals surface area contributed by atoms with Gasteiger partial charge >= 0.3 is 0 Å². The Hall–Kier alpha value is -1.27. The molecule has 2 N–H and O–H groups in total. The summed E-state index contributed by atoms with van der Waals surface area (Å²) in [6, 6.07) is 3.75. The second-order valence-electron chi connectivity index (χ2n) is 5.61. The highest BCUT2D eigenvalue weighted by molar-refractivity contribution is 9.10. The average Bonchev–Trinajstić information content (AvgIpc) is 2.89. The van der Waals surface area contributed by atoms with E-state index < -0.39 is 5.54 Å². The van der Waals surface area contributed by atoms with E-state index in [1.165, 1.54) is 6.42 Å². The SMILES string of the molecule is CC1CCCC(N)(c2nc(-c3ncccc3Br)no2)C1. The maximum Gasteiger partial charge on any atom is 0.247 e. The molecule has 0 saturated heterocycles. The van der Waals surface area contributed by atoms with Crippen molar-refractivity contribution in [2.45, 2.75) is 38.1 Å². The molecular weight excluding hydrogens is 320 g/mol. The molecule has 2 unspecified atom stereocenters. The molecule has 1 fully saturated rings. The molecule has 106 valence electrons. The Morgan fingerprint density at radius 3 is 3.10 bits per heavy atom. The molecule has 20 heavy (non-hydrogen) atoms. The van der Waals surface area contributed by atoms with Crippen LogP contribution >= 0.6 is 15.9 Å². The van der Waals surface area contributed by atoms with Crippen molar-refractivity contribution >= 4 is 15.9 Å². The van der Waals surface area contributed by atoms with Crippen molar-refractivity contribution in [3.05, 3.63) is 28.7 Å². The number of aromatic nitrogens is 3. The van der Waals surface area contributed by atoms with Crippen LogP contribution in [0.4, 0.5) is 0 Å². The highest BCUT2D eigenvalue weighted by Gasteiger charge is 2.38. The Bertz CT molecular complexity index is 615. The summed E-state index contributed by atoms with van der Waals surface area (Å²) in [5.74, 6) is 1.60. The first-order valence-electron chi connectivity index (χ1n) is 6.82. The number of hydrogen-bond acceptors (Lipinski definition) is 5. The Balaban J connectivity index is 1.92. The lowest BCUT2D eigenvalue weighted by molar-refractivity contribution is 0.183. The van der Waals surface area contributed by atoms with Gasteiger partial charge < -0.3 is 10.3 Å². The Labute approximate surface area is 126 Å². The number of nitrogens with two attached hydrogens (primary N) is 1. The van der Waals surface area contributed by atoms with Crippen molar-refractivity contribution in [2.24, 2.45) is 11.7 Å². The number of pyridine rings is 1. The minimum Gasteiger partial charge on any atom is -0.337 e. The maximum absolute atomic E-state index is 6.47. The van der Waals surface area contributed by atoms with E-state index in [1.54, 1.807) is 6.20 Å². The van der Waals surface area contributed by atoms with Crippen molar-refractivity contribution in [3.8, 4) is 11.5 Å². The van der Waals surface area contributed by atoms with Gasteiger partial charge in [-0.15, -0.1) is 0 Å². The highest BCUT2D eigenvalue weighted by atomic mass is 79.9. The van der Waals surface area contributed by atoms with Gasteiger partial charge in [0.25, 0.3) is 0 Å². The minimum atomic E-state index is -0.496. The quantitative estimate of drug-likeness (QED) is 0.910. The van der Waals surface area contributed by atoms with Crippen LogP contribution in [-0.4, -0.2) is 15.1 Å². The van der Waals surface area contributed by atoms with E-state index in [0.29, 0.717) is 23.3 Å². The number of hydrogen-bond donors (Lipinski definition) is 1. The smallest absolute Gasteiger partial charge is 0.247 e. The summed E-state index contributed by atoms with van der Waals surface area (Å²) in [6.07, 6.45) is 5.80. The molecule has 6 heteroatoms. The predicted molar refractivity (Wildman–Crippen MR) is 78.7 cm³/mol. The van der Waals surface area contributed by atoms with Gasteiger partial charge in [0, 0.05) is 10.7 Å². The van der Waals surface area contributed by atoms with Gasteiger partial charge in [0.05, 0.1) is 5.54 Å². The molecule has 0 radical (unpaired) electrons. The van der Waals surface area contributed by atoms with Gasteiger partial charge in [-0.1, -0.05) is 24.9 Å². The van der Waals surface area contributed by atoms with Crippen LogP contribution in [0.5, 0.6) is 0 Å². The van der Waals surface area contributed by atoms with Gasteiger partial charge in [-0.3, -0.25) is 4.98 Å². The molecule has 2 aromatic heterocycles. The molecule has 3 rings (SSSR count). The first-order chi connectivity index (χ1) is 9.58. The molecule has 1 aliphatic carbocycles. The molecule has 2 atom stereocenters. The lowest BCUT2D eigenvalue weighted by atomic mass is 9.77. The molecule has 2 aromatic rings. The minimum absolute atomic E-state index is 0.482. The molecule has 0 spiro atoms. The lowest BCUT2D eigenvalue weighted by Crippen LogP contribution is -2.41. The number of rotatable bonds is 2. The second-order valence-corrected chi connectivity index (χ2v) is 6.47. The van der Waals surface area contributed by atoms with Crippen LogP contribution in [0.25, 0.3) is 11.5 Å². The molecule has 0 aliphatic heterocycles. The van der Waals surface area contributed by atoms with Crippen LogP contribution in [0.2, 0.25) is 0 Å². The van der Waals surface area contributed by atoms with Crippen LogP contribution in [0.15, 0.2) is 27.3 Å². The third kappa shape index (κ3) is 2.50. The predicted octanol–water partition coefficient (Wildman–Crippen LogP) is 3.26. The summed E-state index contributed by atoms with van der Waals surface area (Å²) in [5.41, 5.74) is 6.65. The van der Waals surface area contributed by atoms with Crippen molar-refractivity contribution in [1.82, 2.24) is 15.1 Å². The van der Waals surface area contributed by atoms with Crippen molar-refractivity contribution in [1.29, 1.82) is 0 Å². The van der Waals surface area contributed by atoms with Crippen LogP contribution in [-0.2, 0) is 5.54 Å². The standard InChI is InChI=1S/C14H17BrN4O/c1-9-4-2-6-14(16,8-9)13-18-12(19-20-13)11-10(15)5-3-7-17-11/h3,5,7,9H,2,4,6,8,16H2,1H3. The normalized spacial score (nSPS) is 26.6. The van der Waals surface area contributed by atoms with Crippen molar-refractivity contribution in [3.63, 3.8) is 0 Å². The first-order valence-corrected chi connectivity index (χ1v) is 7.62. The van der Waals surface area contributed by atoms with Crippen LogP contribution < -0.4 is 5.73 Å². The number of nitrogens with zero attached hydrogens (tertiary/aromatic N) is 3. The van der Waals surface area contributed by atoms with Gasteiger partial charge in [-0.25, -0.2) is 0 Å². The Morgan fingerprint density at radius 2 is 2.35 bits per heavy atom. The van der Waals surface area contributed by atoms with E-state index in [0.717, 1.165) is 23.7 Å². The molecule has 0 aromatic carbocycles. The molecule has 1 saturated carbocycles. The van der Waals surface area contributed by atoms with Crippen LogP contribution in [0.1, 0.15) is 38.5 Å². The van der Waals surface area contributed by atoms with E-state index in [9.17, 15) is 0 Å². The number of halogens is 1. The summed E-state index contributed by atoms with van der Waals surface area (Å²) in [6.45, 7) is 2.22. The van der Waals surface area contributed by atoms with Gasteiger partial charge in [0.1, 0.15) is 5.69 Å². The van der Waals surface area contributed by atoms with Gasteiger partial charge in [0.15, 0.2) is 0 Å². The van der Waals surface area contributed by atoms with E-state index in [2.05, 4.69) is 38.0 Å². The maximum atomic E-state index is 6.47. The average molecular weight is 337 g/mol. The molecule has 5 nitrogen and oxygen atoms in total. The molecule has 0 bridgehead atoms. The zero-order chi connectivity index (χ0) is 14.2. The largest absolute Gasteiger partial charge is 0.337 e. The topological polar surface area (TPSA) is 77.8 Å².